The zero-order valence-electron chi connectivity index (χ0n) is 25.9. The quantitative estimate of drug-likeness (QED) is 0.180. The van der Waals surface area contributed by atoms with Gasteiger partial charge in [0.05, 0.1) is 30.7 Å². The van der Waals surface area contributed by atoms with Crippen LogP contribution in [-0.2, 0) is 30.2 Å². The van der Waals surface area contributed by atoms with E-state index in [1.54, 1.807) is 12.5 Å². The maximum atomic E-state index is 14.2. The molecule has 1 aromatic heterocycles. The Bertz CT molecular complexity index is 1170. The van der Waals surface area contributed by atoms with Crippen LogP contribution in [0, 0.1) is 16.7 Å². The third-order valence-electron chi connectivity index (χ3n) is 10.8. The minimum atomic E-state index is -1.70. The summed E-state index contributed by atoms with van der Waals surface area (Å²) in [5.41, 5.74) is 2.69. The molecule has 2 saturated heterocycles. The second kappa shape index (κ2) is 13.1. The van der Waals surface area contributed by atoms with Crippen LogP contribution in [0.3, 0.4) is 0 Å². The average Bonchev–Trinajstić information content (AvgIpc) is 3.51. The maximum absolute atomic E-state index is 14.2. The second-order valence-electron chi connectivity index (χ2n) is 13.6. The number of ether oxygens (including phenoxy) is 4. The van der Waals surface area contributed by atoms with E-state index in [2.05, 4.69) is 13.8 Å². The van der Waals surface area contributed by atoms with E-state index in [-0.39, 0.29) is 11.3 Å². The zero-order valence-corrected chi connectivity index (χ0v) is 25.9. The molecule has 4 aliphatic rings. The fourth-order valence-electron chi connectivity index (χ4n) is 8.14. The van der Waals surface area contributed by atoms with Gasteiger partial charge in [0.25, 0.3) is 0 Å². The Hall–Kier alpha value is -1.87. The molecule has 3 heterocycles. The summed E-state index contributed by atoms with van der Waals surface area (Å²) >= 11 is 0. The number of aliphatic hydroxyl groups is 6. The van der Waals surface area contributed by atoms with Gasteiger partial charge in [-0.15, -0.1) is 0 Å². The number of furan rings is 1. The minimum absolute atomic E-state index is 0.0348. The van der Waals surface area contributed by atoms with Crippen LogP contribution in [-0.4, -0.2) is 105 Å². The first-order valence-electron chi connectivity index (χ1n) is 15.7. The molecule has 248 valence electrons. The lowest BCUT2D eigenvalue weighted by Crippen LogP contribution is -2.64. The topological polar surface area (TPSA) is 189 Å². The number of carbonyl (C=O) groups excluding carboxylic acids is 1. The first-order chi connectivity index (χ1) is 20.8. The molecule has 13 atom stereocenters. The highest BCUT2D eigenvalue weighted by Crippen LogP contribution is 2.61. The third-order valence-corrected chi connectivity index (χ3v) is 10.8. The first kappa shape index (κ1) is 33.5. The standard InChI is InChI=1S/C32H48O12/c1-16-6-9-21-31(3,19(16)8-7-18-10-13-40-15-18)11-5-12-32(21,4)30(39)44-29-27(25(37)23(35)20(14-33)42-29)43-28-26(38)24(36)22(34)17(2)41-28/h10,13,15,17,20-29,33-38H,5-9,11-12,14H2,1-4H3/t17-,20+,21?,22-,23+,24+,25-,26+,27+,28-,29-,31+,32-/m0/s1. The van der Waals surface area contributed by atoms with E-state index >= 15 is 0 Å². The molecule has 0 radical (unpaired) electrons. The molecular formula is C32H48O12. The van der Waals surface area contributed by atoms with E-state index < -0.39 is 79.4 Å². The molecular weight excluding hydrogens is 576 g/mol. The summed E-state index contributed by atoms with van der Waals surface area (Å²) in [5.74, 6) is -0.581. The number of rotatable bonds is 8. The Kier molecular flexibility index (Phi) is 9.97. The molecule has 1 unspecified atom stereocenters. The van der Waals surface area contributed by atoms with E-state index in [9.17, 15) is 35.4 Å². The van der Waals surface area contributed by atoms with Crippen LogP contribution in [0.2, 0.25) is 0 Å². The molecule has 3 fully saturated rings. The van der Waals surface area contributed by atoms with E-state index in [4.69, 9.17) is 23.4 Å². The number of allylic oxidation sites excluding steroid dienone is 2. The number of hydrogen-bond donors (Lipinski definition) is 6. The van der Waals surface area contributed by atoms with Gasteiger partial charge in [0, 0.05) is 0 Å². The van der Waals surface area contributed by atoms with Crippen molar-refractivity contribution >= 4 is 5.97 Å². The zero-order chi connectivity index (χ0) is 32.0. The van der Waals surface area contributed by atoms with Crippen molar-refractivity contribution in [2.75, 3.05) is 6.61 Å². The fraction of sp³-hybridized carbons (Fsp3) is 0.781. The van der Waals surface area contributed by atoms with Gasteiger partial charge in [-0.3, -0.25) is 4.79 Å². The number of aryl methyl sites for hydroxylation is 1. The monoisotopic (exact) mass is 624 g/mol. The second-order valence-corrected chi connectivity index (χ2v) is 13.6. The van der Waals surface area contributed by atoms with Crippen molar-refractivity contribution in [3.8, 4) is 0 Å². The molecule has 6 N–H and O–H groups in total. The van der Waals surface area contributed by atoms with Gasteiger partial charge in [-0.25, -0.2) is 0 Å². The Morgan fingerprint density at radius 2 is 1.73 bits per heavy atom. The summed E-state index contributed by atoms with van der Waals surface area (Å²) in [5, 5.41) is 62.3. The van der Waals surface area contributed by atoms with Crippen LogP contribution in [0.15, 0.2) is 34.2 Å². The van der Waals surface area contributed by atoms with Gasteiger partial charge in [-0.05, 0) is 82.3 Å². The van der Waals surface area contributed by atoms with Crippen LogP contribution >= 0.6 is 0 Å². The van der Waals surface area contributed by atoms with E-state index in [0.717, 1.165) is 44.1 Å². The largest absolute Gasteiger partial charge is 0.472 e. The molecule has 1 aromatic rings. The van der Waals surface area contributed by atoms with Gasteiger partial charge in [0.15, 0.2) is 12.4 Å². The van der Waals surface area contributed by atoms with Gasteiger partial charge in [0.2, 0.25) is 6.29 Å². The van der Waals surface area contributed by atoms with E-state index in [0.29, 0.717) is 6.42 Å². The third kappa shape index (κ3) is 6.01. The van der Waals surface area contributed by atoms with Gasteiger partial charge in [0.1, 0.15) is 36.6 Å². The van der Waals surface area contributed by atoms with Crippen molar-refractivity contribution in [3.05, 3.63) is 35.3 Å². The molecule has 0 spiro atoms. The maximum Gasteiger partial charge on any atom is 0.314 e. The highest BCUT2D eigenvalue weighted by atomic mass is 16.8. The number of esters is 1. The van der Waals surface area contributed by atoms with Gasteiger partial charge in [-0.1, -0.05) is 24.5 Å². The van der Waals surface area contributed by atoms with Crippen molar-refractivity contribution in [1.82, 2.24) is 0 Å². The lowest BCUT2D eigenvalue weighted by molar-refractivity contribution is -0.360. The number of hydrogen-bond acceptors (Lipinski definition) is 12. The SMILES string of the molecule is CC1=C(CCc2ccoc2)[C@@]2(C)CCC[C@](C)(C(=O)O[C@@H]3O[C@H](CO)[C@@H](O)[C@H](O)[C@H]3O[C@@H]3O[C@@H](C)[C@H](O)[C@@H](O)[C@H]3O)C2CC1. The Balaban J connectivity index is 1.37. The molecule has 44 heavy (non-hydrogen) atoms. The van der Waals surface area contributed by atoms with Crippen LogP contribution in [0.5, 0.6) is 0 Å². The number of fused-ring (bicyclic) bond motifs is 1. The van der Waals surface area contributed by atoms with Crippen LogP contribution in [0.4, 0.5) is 0 Å². The smallest absolute Gasteiger partial charge is 0.314 e. The average molecular weight is 625 g/mol. The van der Waals surface area contributed by atoms with E-state index in [1.807, 2.05) is 13.0 Å². The summed E-state index contributed by atoms with van der Waals surface area (Å²) < 4.78 is 28.4. The summed E-state index contributed by atoms with van der Waals surface area (Å²) in [4.78, 5) is 14.2. The molecule has 0 aromatic carbocycles. The Morgan fingerprint density at radius 3 is 2.41 bits per heavy atom. The summed E-state index contributed by atoms with van der Waals surface area (Å²) in [6, 6.07) is 1.97. The lowest BCUT2D eigenvalue weighted by Gasteiger charge is -2.55. The molecule has 12 nitrogen and oxygen atoms in total. The van der Waals surface area contributed by atoms with Gasteiger partial charge in [-0.2, -0.15) is 0 Å². The Labute approximate surface area is 257 Å². The lowest BCUT2D eigenvalue weighted by atomic mass is 9.49. The van der Waals surface area contributed by atoms with Gasteiger partial charge < -0.3 is 54.0 Å². The fourth-order valence-corrected chi connectivity index (χ4v) is 8.14. The molecule has 1 saturated carbocycles. The normalized spacial score (nSPS) is 44.7. The summed E-state index contributed by atoms with van der Waals surface area (Å²) in [6.07, 6.45) is -5.74. The van der Waals surface area contributed by atoms with Crippen molar-refractivity contribution in [2.45, 2.75) is 134 Å². The molecule has 0 amide bonds. The van der Waals surface area contributed by atoms with E-state index in [1.165, 1.54) is 18.1 Å². The van der Waals surface area contributed by atoms with Crippen LogP contribution in [0.1, 0.15) is 71.8 Å². The Morgan fingerprint density at radius 1 is 0.977 bits per heavy atom. The molecule has 0 bridgehead atoms. The van der Waals surface area contributed by atoms with Crippen molar-refractivity contribution in [1.29, 1.82) is 0 Å². The number of aliphatic hydroxyl groups excluding tert-OH is 6. The van der Waals surface area contributed by atoms with Crippen LogP contribution < -0.4 is 0 Å². The predicted molar refractivity (Wildman–Crippen MR) is 154 cm³/mol. The highest BCUT2D eigenvalue weighted by molar-refractivity contribution is 5.77. The molecule has 2 aliphatic heterocycles. The van der Waals surface area contributed by atoms with Gasteiger partial charge >= 0.3 is 5.97 Å². The number of carbonyl (C=O) groups is 1. The highest BCUT2D eigenvalue weighted by Gasteiger charge is 2.58. The minimum Gasteiger partial charge on any atom is -0.472 e. The van der Waals surface area contributed by atoms with Crippen molar-refractivity contribution in [2.24, 2.45) is 16.7 Å². The summed E-state index contributed by atoms with van der Waals surface area (Å²) in [7, 11) is 0. The van der Waals surface area contributed by atoms with Crippen molar-refractivity contribution < 1.29 is 58.8 Å². The molecule has 2 aliphatic carbocycles. The molecule has 12 heteroatoms. The first-order valence-corrected chi connectivity index (χ1v) is 15.7. The predicted octanol–water partition coefficient (Wildman–Crippen LogP) is 1.33. The van der Waals surface area contributed by atoms with Crippen LogP contribution in [0.25, 0.3) is 0 Å². The van der Waals surface area contributed by atoms with Crippen molar-refractivity contribution in [3.63, 3.8) is 0 Å². The molecule has 5 rings (SSSR count). The summed E-state index contributed by atoms with van der Waals surface area (Å²) in [6.45, 7) is 7.14.